The zero-order valence-electron chi connectivity index (χ0n) is 41.3. The van der Waals surface area contributed by atoms with Crippen molar-refractivity contribution in [1.82, 2.24) is 4.90 Å². The summed E-state index contributed by atoms with van der Waals surface area (Å²) in [5.41, 5.74) is -2.41. The second-order valence-electron chi connectivity index (χ2n) is 22.7. The van der Waals surface area contributed by atoms with Crippen molar-refractivity contribution < 1.29 is 78.4 Å². The van der Waals surface area contributed by atoms with Gasteiger partial charge in [0.05, 0.1) is 5.56 Å². The highest BCUT2D eigenvalue weighted by molar-refractivity contribution is 5.94. The van der Waals surface area contributed by atoms with Crippen molar-refractivity contribution in [3.63, 3.8) is 0 Å². The summed E-state index contributed by atoms with van der Waals surface area (Å²) in [6.07, 6.45) is -6.19. The average Bonchev–Trinajstić information content (AvgIpc) is 3.78. The maximum Gasteiger partial charge on any atom is 0.456 e. The number of alkyl halides is 10. The number of aromatic carboxylic acids is 1. The van der Waals surface area contributed by atoms with Crippen molar-refractivity contribution >= 4 is 23.4 Å². The van der Waals surface area contributed by atoms with Crippen LogP contribution in [0.3, 0.4) is 0 Å². The summed E-state index contributed by atoms with van der Waals surface area (Å²) in [6, 6.07) is 12.7. The topological polar surface area (TPSA) is 132 Å². The third kappa shape index (κ3) is 7.97. The summed E-state index contributed by atoms with van der Waals surface area (Å²) in [6.45, 7) is 2.76. The largest absolute Gasteiger partial charge is 0.478 e. The number of hydrogen-bond donors (Lipinski definition) is 3. The fourth-order valence-electron chi connectivity index (χ4n) is 15.4. The molecule has 18 heteroatoms. The number of halogens is 10. The van der Waals surface area contributed by atoms with E-state index in [1.165, 1.54) is 30.9 Å². The Morgan fingerprint density at radius 3 is 1.26 bits per heavy atom. The van der Waals surface area contributed by atoms with Crippen LogP contribution in [0.5, 0.6) is 0 Å². The molecule has 4 fully saturated rings. The number of rotatable bonds is 6. The highest BCUT2D eigenvalue weighted by atomic mass is 19.4. The summed E-state index contributed by atoms with van der Waals surface area (Å²) < 4.78 is 142. The molecule has 10 atom stereocenters. The molecule has 0 bridgehead atoms. The monoisotopic (exact) mass is 1050 g/mol. The van der Waals surface area contributed by atoms with Crippen molar-refractivity contribution in [2.24, 2.45) is 34.5 Å². The summed E-state index contributed by atoms with van der Waals surface area (Å²) in [4.78, 5) is 49.4. The van der Waals surface area contributed by atoms with Gasteiger partial charge in [-0.3, -0.25) is 14.4 Å². The van der Waals surface area contributed by atoms with Gasteiger partial charge in [0.15, 0.2) is 11.6 Å². The Morgan fingerprint density at radius 1 is 0.554 bits per heavy atom. The van der Waals surface area contributed by atoms with Gasteiger partial charge in [-0.1, -0.05) is 49.3 Å². The van der Waals surface area contributed by atoms with Crippen LogP contribution in [-0.2, 0) is 9.59 Å². The van der Waals surface area contributed by atoms with Crippen molar-refractivity contribution in [2.45, 2.75) is 151 Å². The number of benzene rings is 2. The number of amides is 1. The van der Waals surface area contributed by atoms with Gasteiger partial charge in [-0.2, -0.15) is 43.9 Å². The van der Waals surface area contributed by atoms with Crippen LogP contribution >= 0.6 is 0 Å². The number of carboxylic acids is 1. The molecule has 2 aromatic carbocycles. The molecule has 0 heterocycles. The van der Waals surface area contributed by atoms with Crippen LogP contribution in [0, 0.1) is 34.5 Å². The van der Waals surface area contributed by atoms with Crippen LogP contribution in [0.15, 0.2) is 94.1 Å². The standard InChI is InChI=1S/C29H32F5NO3.C27H27F5O4/c1-26-15-22(16-4-6-17(7-5-16)25(37)35(2)3)24-20-11-9-19(36)14-18(20)8-10-21(24)23(26)12-13-27(26,38)28(30,31)29(32,33)34;1-24-13-20(14-2-4-15(5-3-14)23(34)35)22-18-9-7-17(33)12-16(18)6-8-19(22)21(24)10-11-25(24,36)26(28,29)27(30,31)32/h4-7,14,21-23,38H,8-13,15H2,1-3H3;2-5,12,19-21,36H,6-11,13H2,1H3,(H,34,35)/t21?,22-,23?,26+,27+;19?,20-,21?,24+,25+/m11/s1. The first-order chi connectivity index (χ1) is 34.3. The van der Waals surface area contributed by atoms with Gasteiger partial charge in [-0.05, 0) is 171 Å². The number of hydrogen-bond acceptors (Lipinski definition) is 6. The quantitative estimate of drug-likeness (QED) is 0.246. The molecule has 10 rings (SSSR count). The highest BCUT2D eigenvalue weighted by Gasteiger charge is 2.80. The van der Waals surface area contributed by atoms with Gasteiger partial charge in [0.25, 0.3) is 5.91 Å². The molecule has 0 radical (unpaired) electrons. The number of carboxylic acid groups (broad SMARTS) is 1. The van der Waals surface area contributed by atoms with Gasteiger partial charge < -0.3 is 20.2 Å². The Kier molecular flexibility index (Phi) is 13.1. The third-order valence-corrected chi connectivity index (χ3v) is 19.0. The molecule has 400 valence electrons. The number of nitrogens with zero attached hydrogens (tertiary/aromatic N) is 1. The number of carbonyl (C=O) groups excluding carboxylic acids is 3. The molecule has 74 heavy (non-hydrogen) atoms. The molecule has 0 aromatic heterocycles. The minimum atomic E-state index is -5.90. The fourth-order valence-corrected chi connectivity index (χ4v) is 15.4. The molecule has 1 amide bonds. The Balaban J connectivity index is 0.000000182. The lowest BCUT2D eigenvalue weighted by atomic mass is 9.50. The number of aliphatic hydroxyl groups is 2. The molecule has 2 aromatic rings. The molecule has 4 saturated carbocycles. The zero-order chi connectivity index (χ0) is 54.1. The van der Waals surface area contributed by atoms with Gasteiger partial charge >= 0.3 is 30.2 Å². The van der Waals surface area contributed by atoms with E-state index in [-0.39, 0.29) is 60.6 Å². The smallest absolute Gasteiger partial charge is 0.456 e. The molecule has 8 nitrogen and oxygen atoms in total. The molecule has 0 saturated heterocycles. The van der Waals surface area contributed by atoms with Crippen molar-refractivity contribution in [3.05, 3.63) is 116 Å². The van der Waals surface area contributed by atoms with Crippen molar-refractivity contribution in [1.29, 1.82) is 0 Å². The average molecular weight is 1050 g/mol. The van der Waals surface area contributed by atoms with E-state index < -0.39 is 88.7 Å². The molecular formula is C56H59F10NO7. The van der Waals surface area contributed by atoms with Crippen LogP contribution in [0.25, 0.3) is 0 Å². The zero-order valence-corrected chi connectivity index (χ0v) is 41.3. The van der Waals surface area contributed by atoms with Gasteiger partial charge in [-0.15, -0.1) is 0 Å². The number of ketones is 2. The minimum Gasteiger partial charge on any atom is -0.478 e. The van der Waals surface area contributed by atoms with Crippen LogP contribution in [-0.4, -0.2) is 93.2 Å². The summed E-state index contributed by atoms with van der Waals surface area (Å²) in [5, 5.41) is 31.8. The molecule has 8 aliphatic rings. The molecule has 0 aliphatic heterocycles. The summed E-state index contributed by atoms with van der Waals surface area (Å²) in [5.74, 6) is -14.7. The minimum absolute atomic E-state index is 0.0101. The maximum absolute atomic E-state index is 15.0. The van der Waals surface area contributed by atoms with Crippen LogP contribution in [0.2, 0.25) is 0 Å². The van der Waals surface area contributed by atoms with Gasteiger partial charge in [-0.25, -0.2) is 4.79 Å². The van der Waals surface area contributed by atoms with E-state index in [1.807, 2.05) is 0 Å². The summed E-state index contributed by atoms with van der Waals surface area (Å²) >= 11 is 0. The maximum atomic E-state index is 15.0. The lowest BCUT2D eigenvalue weighted by Crippen LogP contribution is -2.65. The van der Waals surface area contributed by atoms with E-state index in [9.17, 15) is 69.6 Å². The Bertz CT molecular complexity index is 2790. The van der Waals surface area contributed by atoms with E-state index >= 15 is 8.78 Å². The van der Waals surface area contributed by atoms with Crippen molar-refractivity contribution in [2.75, 3.05) is 14.1 Å². The van der Waals surface area contributed by atoms with Crippen LogP contribution in [0.4, 0.5) is 43.9 Å². The fraction of sp³-hybridized carbons (Fsp3) is 0.571. The second-order valence-corrected chi connectivity index (χ2v) is 22.7. The van der Waals surface area contributed by atoms with E-state index in [1.54, 1.807) is 62.6 Å². The molecule has 3 N–H and O–H groups in total. The van der Waals surface area contributed by atoms with Gasteiger partial charge in [0, 0.05) is 55.2 Å². The van der Waals surface area contributed by atoms with Crippen molar-refractivity contribution in [3.8, 4) is 0 Å². The van der Waals surface area contributed by atoms with E-state index in [0.717, 1.165) is 33.4 Å². The lowest BCUT2D eigenvalue weighted by molar-refractivity contribution is -0.362. The SMILES string of the molecule is CN(C)C(=O)c1ccc([C@H]2C[C@@]3(C)C(CC[C@@]3(O)C(F)(F)C(F)(F)F)C3CCC4=CC(=O)CCC4=C32)cc1.C[C@]12C[C@H](c3ccc(C(=O)O)cc3)C3=C4CCC(=O)C=C4CCC3C1CC[C@@]2(O)C(F)(F)C(F)(F)F. The first kappa shape index (κ1) is 53.7. The first-order valence-electron chi connectivity index (χ1n) is 25.3. The number of carbonyl (C=O) groups is 4. The molecule has 0 spiro atoms. The van der Waals surface area contributed by atoms with Gasteiger partial charge in [0.1, 0.15) is 11.2 Å². The van der Waals surface area contributed by atoms with Gasteiger partial charge in [0.2, 0.25) is 0 Å². The third-order valence-electron chi connectivity index (χ3n) is 19.0. The number of allylic oxidation sites excluding steroid dienone is 8. The normalized spacial score (nSPS) is 33.9. The first-order valence-corrected chi connectivity index (χ1v) is 25.3. The molecular weight excluding hydrogens is 989 g/mol. The second kappa shape index (κ2) is 18.0. The Hall–Kier alpha value is -5.10. The summed E-state index contributed by atoms with van der Waals surface area (Å²) in [7, 11) is 3.24. The number of fused-ring (bicyclic) bond motifs is 8. The Morgan fingerprint density at radius 2 is 0.919 bits per heavy atom. The predicted molar refractivity (Wildman–Crippen MR) is 250 cm³/mol. The van der Waals surface area contributed by atoms with E-state index in [4.69, 9.17) is 0 Å². The highest BCUT2D eigenvalue weighted by Crippen LogP contribution is 2.72. The van der Waals surface area contributed by atoms with E-state index in [0.29, 0.717) is 68.1 Å². The lowest BCUT2D eigenvalue weighted by Gasteiger charge is -2.56. The van der Waals surface area contributed by atoms with Crippen LogP contribution < -0.4 is 0 Å². The molecule has 8 aliphatic carbocycles. The van der Waals surface area contributed by atoms with Crippen LogP contribution in [0.1, 0.15) is 147 Å². The molecule has 4 unspecified atom stereocenters. The van der Waals surface area contributed by atoms with E-state index in [2.05, 4.69) is 0 Å². The Labute approximate surface area is 421 Å². The predicted octanol–water partition coefficient (Wildman–Crippen LogP) is 12.4.